The molecular weight excluding hydrogens is 352 g/mol. The molecule has 2 aromatic rings. The van der Waals surface area contributed by atoms with Crippen LogP contribution < -0.4 is 18.9 Å². The minimum absolute atomic E-state index is 0.111. The van der Waals surface area contributed by atoms with Gasteiger partial charge in [-0.15, -0.1) is 0 Å². The molecule has 0 unspecified atom stereocenters. The molecule has 0 aliphatic heterocycles. The zero-order valence-electron chi connectivity index (χ0n) is 15.4. The Bertz CT molecular complexity index is 884. The lowest BCUT2D eigenvalue weighted by Crippen LogP contribution is -2.06. The number of allylic oxidation sites excluding steroid dienone is 1. The van der Waals surface area contributed by atoms with Gasteiger partial charge in [0.25, 0.3) is 0 Å². The summed E-state index contributed by atoms with van der Waals surface area (Å²) in [6.45, 7) is 0. The molecule has 0 aromatic heterocycles. The number of benzene rings is 2. The van der Waals surface area contributed by atoms with E-state index < -0.39 is 11.8 Å². The van der Waals surface area contributed by atoms with E-state index in [1.54, 1.807) is 24.3 Å². The van der Waals surface area contributed by atoms with Crippen LogP contribution in [0, 0.1) is 0 Å². The topological polar surface area (TPSA) is 91.3 Å². The summed E-state index contributed by atoms with van der Waals surface area (Å²) >= 11 is 0. The zero-order valence-corrected chi connectivity index (χ0v) is 15.4. The molecule has 1 N–H and O–H groups in total. The van der Waals surface area contributed by atoms with Crippen LogP contribution in [0.25, 0.3) is 6.08 Å². The molecule has 7 nitrogen and oxygen atoms in total. The molecule has 0 saturated carbocycles. The van der Waals surface area contributed by atoms with Crippen LogP contribution in [-0.4, -0.2) is 45.3 Å². The van der Waals surface area contributed by atoms with Gasteiger partial charge in [-0.2, -0.15) is 0 Å². The van der Waals surface area contributed by atoms with Crippen molar-refractivity contribution < 1.29 is 33.6 Å². The fourth-order valence-corrected chi connectivity index (χ4v) is 2.48. The van der Waals surface area contributed by atoms with E-state index in [9.17, 15) is 14.7 Å². The molecule has 0 spiro atoms. The van der Waals surface area contributed by atoms with Crippen LogP contribution in [0.4, 0.5) is 0 Å². The van der Waals surface area contributed by atoms with Crippen molar-refractivity contribution in [3.05, 3.63) is 53.1 Å². The number of carbonyl (C=O) groups excluding carboxylic acids is 1. The Morgan fingerprint density at radius 3 is 1.93 bits per heavy atom. The molecule has 0 aliphatic rings. The molecule has 7 heteroatoms. The maximum absolute atomic E-state index is 12.6. The molecule has 0 bridgehead atoms. The average molecular weight is 372 g/mol. The van der Waals surface area contributed by atoms with Crippen molar-refractivity contribution in [3.63, 3.8) is 0 Å². The summed E-state index contributed by atoms with van der Waals surface area (Å²) in [6, 6.07) is 7.82. The van der Waals surface area contributed by atoms with E-state index in [2.05, 4.69) is 0 Å². The highest BCUT2D eigenvalue weighted by Crippen LogP contribution is 2.31. The predicted octanol–water partition coefficient (Wildman–Crippen LogP) is 3.32. The summed E-state index contributed by atoms with van der Waals surface area (Å²) in [5.41, 5.74) is 0.709. The number of ketones is 1. The fourth-order valence-electron chi connectivity index (χ4n) is 2.48. The minimum atomic E-state index is -1.20. The lowest BCUT2D eigenvalue weighted by atomic mass is 10.0. The molecule has 0 fully saturated rings. The minimum Gasteiger partial charge on any atom is -0.496 e. The molecule has 2 aromatic carbocycles. The first-order valence-corrected chi connectivity index (χ1v) is 7.88. The van der Waals surface area contributed by atoms with E-state index in [0.29, 0.717) is 17.1 Å². The highest BCUT2D eigenvalue weighted by atomic mass is 16.5. The van der Waals surface area contributed by atoms with Gasteiger partial charge in [0.05, 0.1) is 34.0 Å². The number of methoxy groups -OCH3 is 4. The smallest absolute Gasteiger partial charge is 0.339 e. The molecule has 0 radical (unpaired) electrons. The number of aromatic carboxylic acids is 1. The van der Waals surface area contributed by atoms with Gasteiger partial charge in [0, 0.05) is 6.07 Å². The van der Waals surface area contributed by atoms with Crippen LogP contribution in [0.3, 0.4) is 0 Å². The SMILES string of the molecule is COc1ccc(/C=C/C(=O)c2cc(C(=O)O)c(OC)cc2OC)cc1OC. The van der Waals surface area contributed by atoms with E-state index in [1.807, 2.05) is 0 Å². The molecular formula is C20H20O7. The predicted molar refractivity (Wildman–Crippen MR) is 99.4 cm³/mol. The number of carbonyl (C=O) groups is 2. The van der Waals surface area contributed by atoms with Gasteiger partial charge in [-0.05, 0) is 29.8 Å². The van der Waals surface area contributed by atoms with Gasteiger partial charge in [-0.25, -0.2) is 4.79 Å². The van der Waals surface area contributed by atoms with E-state index in [4.69, 9.17) is 18.9 Å². The van der Waals surface area contributed by atoms with E-state index >= 15 is 0 Å². The monoisotopic (exact) mass is 372 g/mol. The van der Waals surface area contributed by atoms with E-state index in [-0.39, 0.29) is 22.6 Å². The van der Waals surface area contributed by atoms with Crippen LogP contribution in [0.1, 0.15) is 26.3 Å². The zero-order chi connectivity index (χ0) is 20.0. The number of rotatable bonds is 8. The van der Waals surface area contributed by atoms with Gasteiger partial charge in [-0.3, -0.25) is 4.79 Å². The number of hydrogen-bond donors (Lipinski definition) is 1. The van der Waals surface area contributed by atoms with Crippen molar-refractivity contribution >= 4 is 17.8 Å². The Hall–Kier alpha value is -3.48. The highest BCUT2D eigenvalue weighted by Gasteiger charge is 2.19. The molecule has 2 rings (SSSR count). The second-order valence-electron chi connectivity index (χ2n) is 5.37. The summed E-state index contributed by atoms with van der Waals surface area (Å²) in [4.78, 5) is 24.0. The van der Waals surface area contributed by atoms with Gasteiger partial charge in [0.1, 0.15) is 17.1 Å². The number of carboxylic acids is 1. The summed E-state index contributed by atoms with van der Waals surface area (Å²) in [5, 5.41) is 9.31. The normalized spacial score (nSPS) is 10.5. The second-order valence-corrected chi connectivity index (χ2v) is 5.37. The fraction of sp³-hybridized carbons (Fsp3) is 0.200. The lowest BCUT2D eigenvalue weighted by molar-refractivity contribution is 0.0693. The summed E-state index contributed by atoms with van der Waals surface area (Å²) in [5.74, 6) is -0.177. The summed E-state index contributed by atoms with van der Waals surface area (Å²) in [7, 11) is 5.79. The molecule has 142 valence electrons. The molecule has 0 amide bonds. The third-order valence-electron chi connectivity index (χ3n) is 3.85. The Balaban J connectivity index is 2.38. The van der Waals surface area contributed by atoms with Gasteiger partial charge in [-0.1, -0.05) is 12.1 Å². The van der Waals surface area contributed by atoms with Gasteiger partial charge in [0.15, 0.2) is 17.3 Å². The Labute approximate surface area is 156 Å². The van der Waals surface area contributed by atoms with Crippen LogP contribution in [-0.2, 0) is 0 Å². The Morgan fingerprint density at radius 1 is 0.778 bits per heavy atom. The van der Waals surface area contributed by atoms with Crippen molar-refractivity contribution in [3.8, 4) is 23.0 Å². The van der Waals surface area contributed by atoms with Crippen molar-refractivity contribution in [1.82, 2.24) is 0 Å². The van der Waals surface area contributed by atoms with Crippen molar-refractivity contribution in [1.29, 1.82) is 0 Å². The third kappa shape index (κ3) is 4.38. The van der Waals surface area contributed by atoms with E-state index in [0.717, 1.165) is 0 Å². The highest BCUT2D eigenvalue weighted by molar-refractivity contribution is 6.10. The number of ether oxygens (including phenoxy) is 4. The van der Waals surface area contributed by atoms with Gasteiger partial charge < -0.3 is 24.1 Å². The first-order chi connectivity index (χ1) is 12.9. The lowest BCUT2D eigenvalue weighted by Gasteiger charge is -2.11. The van der Waals surface area contributed by atoms with Crippen LogP contribution >= 0.6 is 0 Å². The van der Waals surface area contributed by atoms with Gasteiger partial charge in [0.2, 0.25) is 0 Å². The average Bonchev–Trinajstić information content (AvgIpc) is 2.70. The molecule has 0 aliphatic carbocycles. The maximum Gasteiger partial charge on any atom is 0.339 e. The van der Waals surface area contributed by atoms with Crippen molar-refractivity contribution in [2.75, 3.05) is 28.4 Å². The van der Waals surface area contributed by atoms with Crippen molar-refractivity contribution in [2.24, 2.45) is 0 Å². The number of carboxylic acid groups (broad SMARTS) is 1. The van der Waals surface area contributed by atoms with E-state index in [1.165, 1.54) is 46.6 Å². The molecule has 27 heavy (non-hydrogen) atoms. The van der Waals surface area contributed by atoms with Crippen molar-refractivity contribution in [2.45, 2.75) is 0 Å². The summed E-state index contributed by atoms with van der Waals surface area (Å²) < 4.78 is 20.6. The largest absolute Gasteiger partial charge is 0.496 e. The quantitative estimate of drug-likeness (QED) is 0.561. The molecule has 0 atom stereocenters. The van der Waals surface area contributed by atoms with Gasteiger partial charge >= 0.3 is 5.97 Å². The number of hydrogen-bond acceptors (Lipinski definition) is 6. The first-order valence-electron chi connectivity index (χ1n) is 7.88. The van der Waals surface area contributed by atoms with Crippen LogP contribution in [0.15, 0.2) is 36.4 Å². The van der Waals surface area contributed by atoms with Crippen LogP contribution in [0.5, 0.6) is 23.0 Å². The van der Waals surface area contributed by atoms with Crippen LogP contribution in [0.2, 0.25) is 0 Å². The summed E-state index contributed by atoms with van der Waals surface area (Å²) in [6.07, 6.45) is 2.92. The third-order valence-corrected chi connectivity index (χ3v) is 3.85. The molecule has 0 heterocycles. The Kier molecular flexibility index (Phi) is 6.43. The second kappa shape index (κ2) is 8.75. The first kappa shape index (κ1) is 19.8. The Morgan fingerprint density at radius 2 is 1.37 bits per heavy atom. The molecule has 0 saturated heterocycles. The maximum atomic E-state index is 12.6. The standard InChI is InChI=1S/C20H20O7/c1-24-16-8-6-12(9-19(16)27-4)5-7-15(21)13-10-14(20(22)23)18(26-3)11-17(13)25-2/h5-11H,1-4H3,(H,22,23)/b7-5+.